The molecule has 0 atom stereocenters. The maximum absolute atomic E-state index is 12.0. The first kappa shape index (κ1) is 12.6. The number of nitrogens with one attached hydrogen (secondary N) is 1. The van der Waals surface area contributed by atoms with E-state index in [1.165, 1.54) is 6.20 Å². The van der Waals surface area contributed by atoms with E-state index in [2.05, 4.69) is 37.5 Å². The van der Waals surface area contributed by atoms with Gasteiger partial charge < -0.3 is 4.98 Å². The molecule has 0 amide bonds. The first-order valence-electron chi connectivity index (χ1n) is 5.45. The zero-order chi connectivity index (χ0) is 13.4. The summed E-state index contributed by atoms with van der Waals surface area (Å²) in [6.07, 6.45) is 1.49. The number of fused-ring (bicyclic) bond motifs is 1. The average molecular weight is 384 g/mol. The molecule has 0 aliphatic rings. The summed E-state index contributed by atoms with van der Waals surface area (Å²) in [7, 11) is 0. The number of aromatic amines is 1. The Morgan fingerprint density at radius 3 is 2.89 bits per heavy atom. The van der Waals surface area contributed by atoms with Crippen molar-refractivity contribution in [1.82, 2.24) is 15.0 Å². The van der Waals surface area contributed by atoms with E-state index in [4.69, 9.17) is 11.6 Å². The molecular weight excluding hydrogens is 377 g/mol. The molecule has 1 N–H and O–H groups in total. The van der Waals surface area contributed by atoms with Gasteiger partial charge in [0.2, 0.25) is 0 Å². The summed E-state index contributed by atoms with van der Waals surface area (Å²) in [5.74, 6) is 0.492. The van der Waals surface area contributed by atoms with Gasteiger partial charge in [-0.1, -0.05) is 23.7 Å². The molecule has 2 heterocycles. The molecule has 0 unspecified atom stereocenters. The van der Waals surface area contributed by atoms with Gasteiger partial charge in [0.05, 0.1) is 5.39 Å². The summed E-state index contributed by atoms with van der Waals surface area (Å²) in [5, 5.41) is 0.671. The maximum atomic E-state index is 12.0. The van der Waals surface area contributed by atoms with Crippen molar-refractivity contribution in [3.05, 3.63) is 55.6 Å². The molecular formula is C13H7ClIN3O. The number of H-pyrrole nitrogens is 1. The molecule has 4 nitrogen and oxygen atoms in total. The summed E-state index contributed by atoms with van der Waals surface area (Å²) in [6.45, 7) is 0. The minimum Gasteiger partial charge on any atom is -0.306 e. The summed E-state index contributed by atoms with van der Waals surface area (Å²) < 4.78 is 1.06. The monoisotopic (exact) mass is 383 g/mol. The zero-order valence-corrected chi connectivity index (χ0v) is 12.4. The molecule has 0 spiro atoms. The summed E-state index contributed by atoms with van der Waals surface area (Å²) in [5.41, 5.74) is 1.04. The first-order valence-corrected chi connectivity index (χ1v) is 6.91. The highest BCUT2D eigenvalue weighted by molar-refractivity contribution is 14.1. The number of pyridine rings is 1. The van der Waals surface area contributed by atoms with Gasteiger partial charge in [0.25, 0.3) is 5.56 Å². The molecule has 19 heavy (non-hydrogen) atoms. The van der Waals surface area contributed by atoms with Crippen molar-refractivity contribution >= 4 is 45.1 Å². The fourth-order valence-corrected chi connectivity index (χ4v) is 2.55. The summed E-state index contributed by atoms with van der Waals surface area (Å²) >= 11 is 8.20. The van der Waals surface area contributed by atoms with E-state index >= 15 is 0 Å². The molecule has 3 rings (SSSR count). The van der Waals surface area contributed by atoms with E-state index in [1.807, 2.05) is 24.3 Å². The largest absolute Gasteiger partial charge is 0.306 e. The number of benzene rings is 1. The van der Waals surface area contributed by atoms with Crippen LogP contribution in [0, 0.1) is 3.57 Å². The second-order valence-corrected chi connectivity index (χ2v) is 5.53. The summed E-state index contributed by atoms with van der Waals surface area (Å²) in [6, 6.07) is 9.31. The predicted octanol–water partition coefficient (Wildman–Crippen LogP) is 3.24. The standard InChI is InChI=1S/C13H7ClIN3O/c14-11-10-9(4-5-16-11)13(19)18-12(17-10)7-2-1-3-8(15)6-7/h1-6H,(H,17,18,19). The van der Waals surface area contributed by atoms with Crippen LogP contribution in [-0.4, -0.2) is 15.0 Å². The Morgan fingerprint density at radius 1 is 1.26 bits per heavy atom. The Morgan fingerprint density at radius 2 is 2.11 bits per heavy atom. The Labute approximate surface area is 127 Å². The van der Waals surface area contributed by atoms with Crippen molar-refractivity contribution in [2.75, 3.05) is 0 Å². The Kier molecular flexibility index (Phi) is 3.24. The number of nitrogens with zero attached hydrogens (tertiary/aromatic N) is 2. The molecule has 0 saturated heterocycles. The molecule has 0 fully saturated rings. The van der Waals surface area contributed by atoms with E-state index in [1.54, 1.807) is 6.07 Å². The van der Waals surface area contributed by atoms with Crippen LogP contribution in [-0.2, 0) is 0 Å². The van der Waals surface area contributed by atoms with Gasteiger partial charge in [-0.25, -0.2) is 9.97 Å². The van der Waals surface area contributed by atoms with Gasteiger partial charge in [-0.2, -0.15) is 0 Å². The van der Waals surface area contributed by atoms with Crippen LogP contribution in [0.5, 0.6) is 0 Å². The third-order valence-electron chi connectivity index (χ3n) is 2.68. The number of halogens is 2. The van der Waals surface area contributed by atoms with Crippen molar-refractivity contribution in [2.45, 2.75) is 0 Å². The maximum Gasteiger partial charge on any atom is 0.259 e. The lowest BCUT2D eigenvalue weighted by Crippen LogP contribution is -2.10. The highest BCUT2D eigenvalue weighted by Crippen LogP contribution is 2.21. The van der Waals surface area contributed by atoms with Crippen LogP contribution < -0.4 is 5.56 Å². The molecule has 1 aromatic carbocycles. The lowest BCUT2D eigenvalue weighted by atomic mass is 10.2. The van der Waals surface area contributed by atoms with Gasteiger partial charge >= 0.3 is 0 Å². The van der Waals surface area contributed by atoms with E-state index < -0.39 is 0 Å². The molecule has 0 bridgehead atoms. The number of hydrogen-bond donors (Lipinski definition) is 1. The van der Waals surface area contributed by atoms with Gasteiger partial charge in [-0.05, 0) is 40.8 Å². The van der Waals surface area contributed by atoms with Gasteiger partial charge in [0.1, 0.15) is 11.3 Å². The van der Waals surface area contributed by atoms with E-state index in [-0.39, 0.29) is 10.7 Å². The third-order valence-corrected chi connectivity index (χ3v) is 3.63. The van der Waals surface area contributed by atoms with Crippen molar-refractivity contribution in [3.8, 4) is 11.4 Å². The van der Waals surface area contributed by atoms with Gasteiger partial charge in [-0.15, -0.1) is 0 Å². The van der Waals surface area contributed by atoms with Crippen LogP contribution in [0.25, 0.3) is 22.3 Å². The molecule has 3 aromatic rings. The second kappa shape index (κ2) is 4.90. The molecule has 0 aliphatic carbocycles. The topological polar surface area (TPSA) is 58.6 Å². The smallest absolute Gasteiger partial charge is 0.259 e. The van der Waals surface area contributed by atoms with E-state index in [0.29, 0.717) is 16.7 Å². The van der Waals surface area contributed by atoms with Gasteiger partial charge in [-0.3, -0.25) is 4.79 Å². The quantitative estimate of drug-likeness (QED) is 0.518. The van der Waals surface area contributed by atoms with Crippen LogP contribution in [0.3, 0.4) is 0 Å². The number of rotatable bonds is 1. The first-order chi connectivity index (χ1) is 9.15. The Hall–Kier alpha value is -1.47. The normalized spacial score (nSPS) is 10.8. The SMILES string of the molecule is O=c1[nH]c(-c2cccc(I)c2)nc2c(Cl)nccc12. The highest BCUT2D eigenvalue weighted by atomic mass is 127. The minimum atomic E-state index is -0.219. The van der Waals surface area contributed by atoms with E-state index in [0.717, 1.165) is 9.13 Å². The minimum absolute atomic E-state index is 0.219. The van der Waals surface area contributed by atoms with Crippen LogP contribution in [0.2, 0.25) is 5.15 Å². The highest BCUT2D eigenvalue weighted by Gasteiger charge is 2.09. The Balaban J connectivity index is 2.32. The van der Waals surface area contributed by atoms with Crippen LogP contribution in [0.1, 0.15) is 0 Å². The van der Waals surface area contributed by atoms with Crippen LogP contribution >= 0.6 is 34.2 Å². The molecule has 0 radical (unpaired) electrons. The third kappa shape index (κ3) is 2.35. The molecule has 94 valence electrons. The van der Waals surface area contributed by atoms with Crippen molar-refractivity contribution in [3.63, 3.8) is 0 Å². The van der Waals surface area contributed by atoms with Crippen molar-refractivity contribution in [1.29, 1.82) is 0 Å². The average Bonchev–Trinajstić information content (AvgIpc) is 2.40. The Bertz CT molecular complexity index is 831. The lowest BCUT2D eigenvalue weighted by molar-refractivity contribution is 1.16. The summed E-state index contributed by atoms with van der Waals surface area (Å²) in [4.78, 5) is 23.1. The predicted molar refractivity (Wildman–Crippen MR) is 83.3 cm³/mol. The van der Waals surface area contributed by atoms with Crippen molar-refractivity contribution < 1.29 is 0 Å². The molecule has 0 saturated carbocycles. The zero-order valence-electron chi connectivity index (χ0n) is 9.52. The van der Waals surface area contributed by atoms with Crippen LogP contribution in [0.15, 0.2) is 41.3 Å². The van der Waals surface area contributed by atoms with Gasteiger partial charge in [0.15, 0.2) is 5.15 Å². The molecule has 6 heteroatoms. The molecule has 0 aliphatic heterocycles. The number of aromatic nitrogens is 3. The fourth-order valence-electron chi connectivity index (χ4n) is 1.81. The van der Waals surface area contributed by atoms with E-state index in [9.17, 15) is 4.79 Å². The fraction of sp³-hybridized carbons (Fsp3) is 0. The molecule has 2 aromatic heterocycles. The van der Waals surface area contributed by atoms with Crippen molar-refractivity contribution in [2.24, 2.45) is 0 Å². The van der Waals surface area contributed by atoms with Gasteiger partial charge in [0, 0.05) is 15.3 Å². The second-order valence-electron chi connectivity index (χ2n) is 3.92. The lowest BCUT2D eigenvalue weighted by Gasteiger charge is -2.04. The van der Waals surface area contributed by atoms with Crippen LogP contribution in [0.4, 0.5) is 0 Å². The number of hydrogen-bond acceptors (Lipinski definition) is 3.